The molecule has 2 rings (SSSR count). The third-order valence-corrected chi connectivity index (χ3v) is 3.99. The van der Waals surface area contributed by atoms with Crippen molar-refractivity contribution in [3.63, 3.8) is 0 Å². The molecule has 1 aromatic rings. The van der Waals surface area contributed by atoms with Gasteiger partial charge in [-0.15, -0.1) is 6.58 Å². The van der Waals surface area contributed by atoms with Crippen LogP contribution in [-0.2, 0) is 0 Å². The monoisotopic (exact) mass is 298 g/mol. The van der Waals surface area contributed by atoms with Crippen LogP contribution < -0.4 is 9.47 Å². The van der Waals surface area contributed by atoms with E-state index in [0.29, 0.717) is 31.6 Å². The molecule has 1 aromatic carbocycles. The molecule has 0 spiro atoms. The number of hydrogen-bond donors (Lipinski definition) is 1. The van der Waals surface area contributed by atoms with E-state index in [1.54, 1.807) is 0 Å². The fraction of sp³-hybridized carbons (Fsp3) is 0.500. The summed E-state index contributed by atoms with van der Waals surface area (Å²) < 4.78 is 38.2. The van der Waals surface area contributed by atoms with Crippen LogP contribution in [0.2, 0.25) is 0 Å². The Morgan fingerprint density at radius 2 is 1.95 bits per heavy atom. The van der Waals surface area contributed by atoms with Crippen LogP contribution in [0, 0.1) is 11.8 Å². The molecule has 21 heavy (non-hydrogen) atoms. The number of allylic oxidation sites excluding steroid dienone is 1. The van der Waals surface area contributed by atoms with Crippen LogP contribution >= 0.6 is 0 Å². The van der Waals surface area contributed by atoms with Gasteiger partial charge in [0.25, 0.3) is 0 Å². The summed E-state index contributed by atoms with van der Waals surface area (Å²) in [6.45, 7) is 3.71. The Labute approximate surface area is 123 Å². The van der Waals surface area contributed by atoms with E-state index >= 15 is 0 Å². The second-order valence-electron chi connectivity index (χ2n) is 5.34. The average molecular weight is 298 g/mol. The normalized spacial score (nSPS) is 22.6. The molecule has 0 heterocycles. The molecule has 0 bridgehead atoms. The number of alkyl halides is 2. The minimum Gasteiger partial charge on any atom is -0.504 e. The van der Waals surface area contributed by atoms with Gasteiger partial charge in [-0.05, 0) is 43.7 Å². The van der Waals surface area contributed by atoms with E-state index < -0.39 is 12.0 Å². The lowest BCUT2D eigenvalue weighted by Gasteiger charge is -2.32. The predicted octanol–water partition coefficient (Wildman–Crippen LogP) is 4.36. The zero-order chi connectivity index (χ0) is 15.5. The molecule has 0 amide bonds. The van der Waals surface area contributed by atoms with Gasteiger partial charge in [-0.2, -0.15) is 8.78 Å². The van der Waals surface area contributed by atoms with Gasteiger partial charge in [-0.25, -0.2) is 0 Å². The highest BCUT2D eigenvalue weighted by molar-refractivity contribution is 5.44. The molecule has 0 aliphatic heterocycles. The fourth-order valence-corrected chi connectivity index (χ4v) is 2.65. The van der Waals surface area contributed by atoms with Crippen molar-refractivity contribution in [3.8, 4) is 17.2 Å². The van der Waals surface area contributed by atoms with Crippen LogP contribution in [-0.4, -0.2) is 18.3 Å². The molecule has 0 atom stereocenters. The second-order valence-corrected chi connectivity index (χ2v) is 5.34. The third kappa shape index (κ3) is 3.65. The molecule has 0 saturated heterocycles. The van der Waals surface area contributed by atoms with Crippen molar-refractivity contribution < 1.29 is 23.4 Å². The molecule has 116 valence electrons. The van der Waals surface area contributed by atoms with Gasteiger partial charge >= 0.3 is 6.11 Å². The first kappa shape index (κ1) is 15.6. The van der Waals surface area contributed by atoms with Crippen molar-refractivity contribution in [1.82, 2.24) is 0 Å². The van der Waals surface area contributed by atoms with E-state index in [1.165, 1.54) is 25.3 Å². The highest BCUT2D eigenvalue weighted by Crippen LogP contribution is 2.41. The molecule has 1 saturated carbocycles. The molecule has 0 aromatic heterocycles. The van der Waals surface area contributed by atoms with Crippen molar-refractivity contribution in [1.29, 1.82) is 0 Å². The Morgan fingerprint density at radius 1 is 1.29 bits per heavy atom. The van der Waals surface area contributed by atoms with Crippen molar-refractivity contribution in [2.45, 2.75) is 31.8 Å². The maximum atomic E-state index is 14.2. The first-order valence-electron chi connectivity index (χ1n) is 7.02. The van der Waals surface area contributed by atoms with Crippen molar-refractivity contribution in [2.24, 2.45) is 11.8 Å². The minimum atomic E-state index is -3.23. The predicted molar refractivity (Wildman–Crippen MR) is 75.9 cm³/mol. The maximum absolute atomic E-state index is 14.2. The molecular weight excluding hydrogens is 278 g/mol. The minimum absolute atomic E-state index is 0.0134. The number of halogens is 2. The summed E-state index contributed by atoms with van der Waals surface area (Å²) in [6, 6.07) is 3.85. The van der Waals surface area contributed by atoms with Gasteiger partial charge in [0.15, 0.2) is 11.5 Å². The van der Waals surface area contributed by atoms with Crippen molar-refractivity contribution in [2.75, 3.05) is 7.11 Å². The van der Waals surface area contributed by atoms with Crippen LogP contribution in [0.4, 0.5) is 8.78 Å². The van der Waals surface area contributed by atoms with Gasteiger partial charge < -0.3 is 14.6 Å². The summed E-state index contributed by atoms with van der Waals surface area (Å²) in [5, 5.41) is 9.46. The van der Waals surface area contributed by atoms with Crippen LogP contribution in [0.3, 0.4) is 0 Å². The Morgan fingerprint density at radius 3 is 2.52 bits per heavy atom. The molecule has 0 radical (unpaired) electrons. The smallest absolute Gasteiger partial charge is 0.400 e. The van der Waals surface area contributed by atoms with Gasteiger partial charge in [-0.1, -0.05) is 6.08 Å². The SMILES string of the molecule is C=CC1CCC(C(F)(F)Oc2ccc(O)c(OC)c2)CC1. The number of benzene rings is 1. The van der Waals surface area contributed by atoms with Gasteiger partial charge in [-0.3, -0.25) is 0 Å². The van der Waals surface area contributed by atoms with Crippen LogP contribution in [0.5, 0.6) is 17.2 Å². The highest BCUT2D eigenvalue weighted by Gasteiger charge is 2.43. The van der Waals surface area contributed by atoms with Crippen molar-refractivity contribution in [3.05, 3.63) is 30.9 Å². The lowest BCUT2D eigenvalue weighted by molar-refractivity contribution is -0.223. The molecule has 1 aliphatic carbocycles. The first-order chi connectivity index (χ1) is 9.96. The number of phenols is 1. The summed E-state index contributed by atoms with van der Waals surface area (Å²) in [6.07, 6.45) is 0.865. The van der Waals surface area contributed by atoms with Crippen LogP contribution in [0.25, 0.3) is 0 Å². The number of phenolic OH excluding ortho intramolecular Hbond substituents is 1. The molecule has 1 N–H and O–H groups in total. The topological polar surface area (TPSA) is 38.7 Å². The first-order valence-corrected chi connectivity index (χ1v) is 7.02. The van der Waals surface area contributed by atoms with Crippen molar-refractivity contribution >= 4 is 0 Å². The lowest BCUT2D eigenvalue weighted by Crippen LogP contribution is -2.37. The van der Waals surface area contributed by atoms with E-state index in [-0.39, 0.29) is 17.2 Å². The van der Waals surface area contributed by atoms with E-state index in [1.807, 2.05) is 6.08 Å². The van der Waals surface area contributed by atoms with Crippen LogP contribution in [0.15, 0.2) is 30.9 Å². The number of rotatable bonds is 5. The molecule has 1 aliphatic rings. The maximum Gasteiger partial charge on any atom is 0.400 e. The van der Waals surface area contributed by atoms with E-state index in [4.69, 9.17) is 9.47 Å². The summed E-state index contributed by atoms with van der Waals surface area (Å²) in [7, 11) is 1.35. The number of ether oxygens (including phenoxy) is 2. The number of hydrogen-bond acceptors (Lipinski definition) is 3. The Bertz CT molecular complexity index is 494. The molecule has 3 nitrogen and oxygen atoms in total. The largest absolute Gasteiger partial charge is 0.504 e. The van der Waals surface area contributed by atoms with Gasteiger partial charge in [0.1, 0.15) is 5.75 Å². The van der Waals surface area contributed by atoms with Gasteiger partial charge in [0.2, 0.25) is 0 Å². The summed E-state index contributed by atoms with van der Waals surface area (Å²) in [5.41, 5.74) is 0. The van der Waals surface area contributed by atoms with E-state index in [0.717, 1.165) is 0 Å². The molecular formula is C16H20F2O3. The average Bonchev–Trinajstić information content (AvgIpc) is 2.49. The van der Waals surface area contributed by atoms with E-state index in [9.17, 15) is 13.9 Å². The molecule has 1 fully saturated rings. The zero-order valence-electron chi connectivity index (χ0n) is 12.0. The Hall–Kier alpha value is -1.78. The summed E-state index contributed by atoms with van der Waals surface area (Å²) in [5.74, 6) is -0.488. The quantitative estimate of drug-likeness (QED) is 0.821. The third-order valence-electron chi connectivity index (χ3n) is 3.99. The molecule has 5 heteroatoms. The summed E-state index contributed by atoms with van der Waals surface area (Å²) >= 11 is 0. The lowest BCUT2D eigenvalue weighted by atomic mass is 9.81. The standard InChI is InChI=1S/C16H20F2O3/c1-3-11-4-6-12(7-5-11)16(17,18)21-13-8-9-14(19)15(10-13)20-2/h3,8-12,19H,1,4-7H2,2H3. The summed E-state index contributed by atoms with van der Waals surface area (Å²) in [4.78, 5) is 0. The fourth-order valence-electron chi connectivity index (χ4n) is 2.65. The number of methoxy groups -OCH3 is 1. The van der Waals surface area contributed by atoms with E-state index in [2.05, 4.69) is 6.58 Å². The van der Waals surface area contributed by atoms with Crippen LogP contribution in [0.1, 0.15) is 25.7 Å². The molecule has 0 unspecified atom stereocenters. The van der Waals surface area contributed by atoms with Gasteiger partial charge in [0, 0.05) is 6.07 Å². The highest BCUT2D eigenvalue weighted by atomic mass is 19.3. The zero-order valence-corrected chi connectivity index (χ0v) is 12.0. The Balaban J connectivity index is 2.05. The second kappa shape index (κ2) is 6.33. The Kier molecular flexibility index (Phi) is 4.70. The number of aromatic hydroxyl groups is 1. The van der Waals surface area contributed by atoms with Gasteiger partial charge in [0.05, 0.1) is 13.0 Å².